The van der Waals surface area contributed by atoms with Crippen LogP contribution in [0, 0.1) is 5.92 Å². The Morgan fingerprint density at radius 1 is 1.29 bits per heavy atom. The van der Waals surface area contributed by atoms with Crippen LogP contribution < -0.4 is 5.73 Å². The first-order valence-electron chi connectivity index (χ1n) is 6.34. The Morgan fingerprint density at radius 3 is 2.35 bits per heavy atom. The van der Waals surface area contributed by atoms with Crippen molar-refractivity contribution in [3.8, 4) is 0 Å². The Kier molecular flexibility index (Phi) is 5.25. The molecule has 0 bridgehead atoms. The summed E-state index contributed by atoms with van der Waals surface area (Å²) in [6, 6.07) is -1.02. The van der Waals surface area contributed by atoms with Gasteiger partial charge in [0.05, 0.1) is 6.10 Å². The number of halogens is 3. The van der Waals surface area contributed by atoms with Gasteiger partial charge in [-0.05, 0) is 25.7 Å². The second kappa shape index (κ2) is 6.05. The predicted octanol–water partition coefficient (Wildman–Crippen LogP) is 3.25. The van der Waals surface area contributed by atoms with E-state index < -0.39 is 18.3 Å². The Hall–Kier alpha value is -0.290. The van der Waals surface area contributed by atoms with E-state index in [4.69, 9.17) is 10.5 Å². The van der Waals surface area contributed by atoms with E-state index in [0.29, 0.717) is 0 Å². The van der Waals surface area contributed by atoms with E-state index in [1.807, 2.05) is 6.92 Å². The minimum atomic E-state index is -4.37. The first-order valence-corrected chi connectivity index (χ1v) is 6.34. The van der Waals surface area contributed by atoms with E-state index in [1.165, 1.54) is 6.92 Å². The average Bonchev–Trinajstić information content (AvgIpc) is 2.24. The third-order valence-electron chi connectivity index (χ3n) is 3.49. The minimum absolute atomic E-state index is 0.243. The number of nitrogens with two attached hydrogens (primary N) is 1. The quantitative estimate of drug-likeness (QED) is 0.834. The molecule has 0 radical (unpaired) electrons. The number of rotatable bonds is 4. The van der Waals surface area contributed by atoms with Gasteiger partial charge in [-0.1, -0.05) is 26.2 Å². The van der Waals surface area contributed by atoms with Crippen LogP contribution in [0.25, 0.3) is 0 Å². The van der Waals surface area contributed by atoms with Crippen molar-refractivity contribution in [2.45, 2.75) is 70.4 Å². The van der Waals surface area contributed by atoms with Crippen LogP contribution in [-0.2, 0) is 4.74 Å². The molecule has 4 atom stereocenters. The summed E-state index contributed by atoms with van der Waals surface area (Å²) >= 11 is 0. The topological polar surface area (TPSA) is 35.2 Å². The van der Waals surface area contributed by atoms with Gasteiger partial charge in [0.15, 0.2) is 6.10 Å². The summed E-state index contributed by atoms with van der Waals surface area (Å²) in [6.07, 6.45) is -1.90. The number of ether oxygens (including phenoxy) is 1. The summed E-state index contributed by atoms with van der Waals surface area (Å²) in [4.78, 5) is 0. The van der Waals surface area contributed by atoms with Crippen molar-refractivity contribution in [2.24, 2.45) is 11.7 Å². The fourth-order valence-corrected chi connectivity index (χ4v) is 2.51. The number of hydrogen-bond acceptors (Lipinski definition) is 2. The SMILES string of the molecule is CCC1CCCCC1OC(C(C)N)C(F)(F)F. The molecule has 1 aliphatic carbocycles. The standard InChI is InChI=1S/C12H22F3NO/c1-3-9-6-4-5-7-10(9)17-11(8(2)16)12(13,14)15/h8-11H,3-7,16H2,1-2H3. The molecule has 17 heavy (non-hydrogen) atoms. The summed E-state index contributed by atoms with van der Waals surface area (Å²) < 4.78 is 43.5. The summed E-state index contributed by atoms with van der Waals surface area (Å²) in [6.45, 7) is 3.35. The van der Waals surface area contributed by atoms with Crippen LogP contribution in [0.4, 0.5) is 13.2 Å². The van der Waals surface area contributed by atoms with Crippen molar-refractivity contribution in [3.05, 3.63) is 0 Å². The van der Waals surface area contributed by atoms with Crippen LogP contribution in [0.5, 0.6) is 0 Å². The first kappa shape index (κ1) is 14.8. The second-order valence-corrected chi connectivity index (χ2v) is 4.95. The lowest BCUT2D eigenvalue weighted by atomic mass is 9.84. The third kappa shape index (κ3) is 4.14. The molecule has 0 heterocycles. The molecule has 1 rings (SSSR count). The normalized spacial score (nSPS) is 30.0. The molecular weight excluding hydrogens is 231 g/mol. The highest BCUT2D eigenvalue weighted by atomic mass is 19.4. The van der Waals surface area contributed by atoms with Gasteiger partial charge >= 0.3 is 6.18 Å². The van der Waals surface area contributed by atoms with Crippen LogP contribution in [0.1, 0.15) is 46.0 Å². The molecule has 1 fully saturated rings. The fourth-order valence-electron chi connectivity index (χ4n) is 2.51. The maximum absolute atomic E-state index is 12.8. The van der Waals surface area contributed by atoms with Gasteiger partial charge in [0.1, 0.15) is 0 Å². The van der Waals surface area contributed by atoms with Gasteiger partial charge in [-0.3, -0.25) is 0 Å². The van der Waals surface area contributed by atoms with Gasteiger partial charge in [0.25, 0.3) is 0 Å². The van der Waals surface area contributed by atoms with Crippen LogP contribution in [0.15, 0.2) is 0 Å². The molecule has 0 spiro atoms. The van der Waals surface area contributed by atoms with Gasteiger partial charge < -0.3 is 10.5 Å². The lowest BCUT2D eigenvalue weighted by Crippen LogP contribution is -2.48. The lowest BCUT2D eigenvalue weighted by Gasteiger charge is -2.35. The highest BCUT2D eigenvalue weighted by molar-refractivity contribution is 4.82. The maximum atomic E-state index is 12.8. The monoisotopic (exact) mass is 253 g/mol. The van der Waals surface area contributed by atoms with Crippen molar-refractivity contribution >= 4 is 0 Å². The summed E-state index contributed by atoms with van der Waals surface area (Å²) in [5, 5.41) is 0. The lowest BCUT2D eigenvalue weighted by molar-refractivity contribution is -0.245. The molecule has 1 saturated carbocycles. The Bertz CT molecular complexity index is 230. The third-order valence-corrected chi connectivity index (χ3v) is 3.49. The van der Waals surface area contributed by atoms with Gasteiger partial charge in [0, 0.05) is 6.04 Å². The predicted molar refractivity (Wildman–Crippen MR) is 60.6 cm³/mol. The zero-order valence-corrected chi connectivity index (χ0v) is 10.5. The zero-order chi connectivity index (χ0) is 13.1. The van der Waals surface area contributed by atoms with Crippen molar-refractivity contribution in [3.63, 3.8) is 0 Å². The van der Waals surface area contributed by atoms with Gasteiger partial charge in [0.2, 0.25) is 0 Å². The number of alkyl halides is 3. The van der Waals surface area contributed by atoms with Crippen LogP contribution in [0.2, 0.25) is 0 Å². The van der Waals surface area contributed by atoms with E-state index in [9.17, 15) is 13.2 Å². The molecule has 1 aliphatic rings. The van der Waals surface area contributed by atoms with Crippen LogP contribution >= 0.6 is 0 Å². The molecule has 0 aromatic heterocycles. The largest absolute Gasteiger partial charge is 0.416 e. The van der Waals surface area contributed by atoms with Crippen molar-refractivity contribution in [2.75, 3.05) is 0 Å². The van der Waals surface area contributed by atoms with Gasteiger partial charge in [-0.2, -0.15) is 13.2 Å². The number of hydrogen-bond donors (Lipinski definition) is 1. The first-order chi connectivity index (χ1) is 7.86. The maximum Gasteiger partial charge on any atom is 0.416 e. The smallest absolute Gasteiger partial charge is 0.364 e. The molecule has 0 amide bonds. The van der Waals surface area contributed by atoms with Crippen molar-refractivity contribution in [1.29, 1.82) is 0 Å². The van der Waals surface area contributed by atoms with E-state index in [1.54, 1.807) is 0 Å². The summed E-state index contributed by atoms with van der Waals surface area (Å²) in [5.74, 6) is 0.243. The van der Waals surface area contributed by atoms with E-state index in [0.717, 1.165) is 32.1 Å². The highest BCUT2D eigenvalue weighted by Gasteiger charge is 2.45. The van der Waals surface area contributed by atoms with E-state index in [2.05, 4.69) is 0 Å². The van der Waals surface area contributed by atoms with Gasteiger partial charge in [-0.15, -0.1) is 0 Å². The molecule has 0 aromatic rings. The Labute approximate surface area is 101 Å². The van der Waals surface area contributed by atoms with Crippen LogP contribution in [0.3, 0.4) is 0 Å². The molecule has 0 saturated heterocycles. The van der Waals surface area contributed by atoms with Crippen molar-refractivity contribution in [1.82, 2.24) is 0 Å². The molecule has 102 valence electrons. The molecule has 5 heteroatoms. The Morgan fingerprint density at radius 2 is 1.88 bits per heavy atom. The van der Waals surface area contributed by atoms with E-state index >= 15 is 0 Å². The second-order valence-electron chi connectivity index (χ2n) is 4.95. The molecule has 0 aliphatic heterocycles. The molecule has 2 N–H and O–H groups in total. The average molecular weight is 253 g/mol. The summed E-state index contributed by atoms with van der Waals surface area (Å²) in [7, 11) is 0. The summed E-state index contributed by atoms with van der Waals surface area (Å²) in [5.41, 5.74) is 5.38. The van der Waals surface area contributed by atoms with Crippen molar-refractivity contribution < 1.29 is 17.9 Å². The van der Waals surface area contributed by atoms with Gasteiger partial charge in [-0.25, -0.2) is 0 Å². The molecule has 4 unspecified atom stereocenters. The molecular formula is C12H22F3NO. The molecule has 2 nitrogen and oxygen atoms in total. The fraction of sp³-hybridized carbons (Fsp3) is 1.00. The minimum Gasteiger partial charge on any atom is -0.364 e. The highest BCUT2D eigenvalue weighted by Crippen LogP contribution is 2.33. The van der Waals surface area contributed by atoms with E-state index in [-0.39, 0.29) is 12.0 Å². The van der Waals surface area contributed by atoms with Crippen LogP contribution in [-0.4, -0.2) is 24.4 Å². The zero-order valence-electron chi connectivity index (χ0n) is 10.5. The Balaban J connectivity index is 2.65. The molecule has 0 aromatic carbocycles.